The number of benzene rings is 2. The molecule has 1 unspecified atom stereocenters. The zero-order valence-electron chi connectivity index (χ0n) is 34.0. The van der Waals surface area contributed by atoms with Gasteiger partial charge in [-0.2, -0.15) is 18.3 Å². The van der Waals surface area contributed by atoms with E-state index >= 15 is 0 Å². The number of alkyl halides is 3. The molecule has 14 nitrogen and oxygen atoms in total. The summed E-state index contributed by atoms with van der Waals surface area (Å²) in [6.07, 6.45) is 2.54. The van der Waals surface area contributed by atoms with E-state index in [2.05, 4.69) is 25.4 Å². The van der Waals surface area contributed by atoms with Crippen LogP contribution >= 0.6 is 0 Å². The Morgan fingerprint density at radius 1 is 0.950 bits per heavy atom. The van der Waals surface area contributed by atoms with Crippen LogP contribution in [0.4, 0.5) is 18.9 Å². The third-order valence-corrected chi connectivity index (χ3v) is 12.4. The molecule has 0 spiro atoms. The number of carbonyl (C=O) groups excluding carboxylic acids is 3. The number of rotatable bonds is 10. The highest BCUT2D eigenvalue weighted by Crippen LogP contribution is 2.37. The number of piperazine rings is 1. The lowest BCUT2D eigenvalue weighted by Gasteiger charge is -2.38. The Kier molecular flexibility index (Phi) is 11.2. The zero-order chi connectivity index (χ0) is 42.5. The second-order valence-corrected chi connectivity index (χ2v) is 17.0. The topological polar surface area (TPSA) is 160 Å². The Morgan fingerprint density at radius 2 is 1.67 bits per heavy atom. The van der Waals surface area contributed by atoms with E-state index in [-0.39, 0.29) is 35.4 Å². The average molecular weight is 830 g/mol. The number of aryl methyl sites for hydroxylation is 1. The number of nitrogens with one attached hydrogen (secondary N) is 2. The van der Waals surface area contributed by atoms with Gasteiger partial charge >= 0.3 is 11.9 Å². The Labute approximate surface area is 344 Å². The number of anilines is 1. The molecule has 3 amide bonds. The van der Waals surface area contributed by atoms with Gasteiger partial charge in [0, 0.05) is 75.6 Å². The summed E-state index contributed by atoms with van der Waals surface area (Å²) in [6, 6.07) is 11.9. The van der Waals surface area contributed by atoms with Gasteiger partial charge in [-0.05, 0) is 94.2 Å². The number of para-hydroxylation sites is 1. The van der Waals surface area contributed by atoms with Crippen LogP contribution in [0.5, 0.6) is 0 Å². The van der Waals surface area contributed by atoms with E-state index in [9.17, 15) is 37.5 Å². The number of nitrogens with zero attached hydrogens (tertiary/aromatic N) is 7. The summed E-state index contributed by atoms with van der Waals surface area (Å²) in [7, 11) is 1.74. The molecule has 3 aromatic heterocycles. The number of amides is 3. The van der Waals surface area contributed by atoms with Crippen LogP contribution in [0.3, 0.4) is 0 Å². The lowest BCUT2D eigenvalue weighted by molar-refractivity contribution is -0.141. The standard InChI is InChI=1S/C43H50F3N9O5/c1-42(2,60)30-23-32-28(22-33(30)48-39(57)31-7-5-9-36(47-31)43(44,45)46)25-54(50-32)29-12-10-26(11-13-29)24-53-20-18-52(19-21-53)17-16-27-6-4-8-34-38(27)51(3)41(59)55(34)35-14-15-37(56)49-40(35)58/h4-9,22-23,25-26,29,35,60H,10-21,24H2,1-3H3,(H,48,57)(H,49,56,58). The molecule has 2 aromatic carbocycles. The highest BCUT2D eigenvalue weighted by molar-refractivity contribution is 6.04. The number of hydrogen-bond donors (Lipinski definition) is 3. The Morgan fingerprint density at radius 3 is 2.37 bits per heavy atom. The summed E-state index contributed by atoms with van der Waals surface area (Å²) in [5.41, 5.74) is 0.705. The molecule has 1 saturated carbocycles. The third-order valence-electron chi connectivity index (χ3n) is 12.4. The van der Waals surface area contributed by atoms with E-state index in [0.29, 0.717) is 28.9 Å². The highest BCUT2D eigenvalue weighted by Gasteiger charge is 2.34. The van der Waals surface area contributed by atoms with E-state index in [4.69, 9.17) is 5.10 Å². The normalized spacial score (nSPS) is 21.1. The first-order valence-corrected chi connectivity index (χ1v) is 20.6. The summed E-state index contributed by atoms with van der Waals surface area (Å²) < 4.78 is 44.9. The predicted molar refractivity (Wildman–Crippen MR) is 218 cm³/mol. The van der Waals surface area contributed by atoms with Crippen molar-refractivity contribution in [2.45, 2.75) is 82.7 Å². The molecule has 0 radical (unpaired) electrons. The van der Waals surface area contributed by atoms with Crippen LogP contribution in [-0.4, -0.2) is 95.8 Å². The molecule has 5 aromatic rings. The summed E-state index contributed by atoms with van der Waals surface area (Å²) in [4.78, 5) is 59.3. The largest absolute Gasteiger partial charge is 0.433 e. The van der Waals surface area contributed by atoms with Crippen molar-refractivity contribution in [2.24, 2.45) is 13.0 Å². The first-order valence-electron chi connectivity index (χ1n) is 20.6. The number of hydrogen-bond acceptors (Lipinski definition) is 9. The van der Waals surface area contributed by atoms with Crippen molar-refractivity contribution >= 4 is 45.3 Å². The van der Waals surface area contributed by atoms with Gasteiger partial charge < -0.3 is 20.2 Å². The SMILES string of the molecule is Cn1c(=O)n(C2CCC(=O)NC2=O)c2cccc(CCN3CCN(CC4CCC(n5cc6cc(NC(=O)c7cccc(C(F)(F)F)n7)c(C(C)(C)O)cc6n5)CC4)CC3)c21. The molecule has 3 N–H and O–H groups in total. The fourth-order valence-electron chi connectivity index (χ4n) is 9.18. The number of piperidine rings is 1. The number of imide groups is 1. The average Bonchev–Trinajstić information content (AvgIpc) is 3.74. The minimum Gasteiger partial charge on any atom is -0.386 e. The van der Waals surface area contributed by atoms with Crippen molar-refractivity contribution in [3.63, 3.8) is 0 Å². The number of carbonyl (C=O) groups is 3. The number of pyridine rings is 1. The lowest BCUT2D eigenvalue weighted by Crippen LogP contribution is -2.48. The van der Waals surface area contributed by atoms with Gasteiger partial charge in [-0.1, -0.05) is 18.2 Å². The molecule has 5 heterocycles. The molecule has 1 aliphatic carbocycles. The van der Waals surface area contributed by atoms with Crippen molar-refractivity contribution in [3.05, 3.63) is 87.7 Å². The van der Waals surface area contributed by atoms with Gasteiger partial charge in [0.25, 0.3) is 5.91 Å². The molecule has 17 heteroatoms. The number of imidazole rings is 1. The number of aromatic nitrogens is 5. The van der Waals surface area contributed by atoms with Crippen LogP contribution < -0.4 is 16.3 Å². The van der Waals surface area contributed by atoms with Gasteiger partial charge in [0.1, 0.15) is 17.4 Å². The summed E-state index contributed by atoms with van der Waals surface area (Å²) in [6.45, 7) is 8.90. The smallest absolute Gasteiger partial charge is 0.386 e. The summed E-state index contributed by atoms with van der Waals surface area (Å²) in [5, 5.41) is 21.6. The Bertz CT molecular complexity index is 2500. The van der Waals surface area contributed by atoms with E-state index in [1.165, 1.54) is 10.6 Å². The molecule has 60 heavy (non-hydrogen) atoms. The lowest BCUT2D eigenvalue weighted by atomic mass is 9.85. The minimum absolute atomic E-state index is 0.188. The van der Waals surface area contributed by atoms with Crippen LogP contribution in [0, 0.1) is 5.92 Å². The zero-order valence-corrected chi connectivity index (χ0v) is 34.0. The van der Waals surface area contributed by atoms with Crippen LogP contribution in [0.15, 0.2) is 59.5 Å². The molecule has 0 bridgehead atoms. The molecular formula is C43H50F3N9O5. The molecule has 2 saturated heterocycles. The molecule has 3 fully saturated rings. The van der Waals surface area contributed by atoms with Crippen LogP contribution in [0.25, 0.3) is 21.9 Å². The van der Waals surface area contributed by atoms with Gasteiger partial charge in [0.15, 0.2) is 0 Å². The van der Waals surface area contributed by atoms with Crippen molar-refractivity contribution in [1.82, 2.24) is 39.0 Å². The quantitative estimate of drug-likeness (QED) is 0.162. The second-order valence-electron chi connectivity index (χ2n) is 17.0. The van der Waals surface area contributed by atoms with E-state index in [1.807, 2.05) is 29.1 Å². The van der Waals surface area contributed by atoms with Gasteiger partial charge in [-0.15, -0.1) is 0 Å². The highest BCUT2D eigenvalue weighted by atomic mass is 19.4. The van der Waals surface area contributed by atoms with Crippen LogP contribution in [0.2, 0.25) is 0 Å². The van der Waals surface area contributed by atoms with E-state index < -0.39 is 35.3 Å². The maximum Gasteiger partial charge on any atom is 0.433 e. The second kappa shape index (κ2) is 16.2. The van der Waals surface area contributed by atoms with Crippen molar-refractivity contribution in [1.29, 1.82) is 0 Å². The van der Waals surface area contributed by atoms with E-state index in [0.717, 1.165) is 100.0 Å². The third kappa shape index (κ3) is 8.47. The number of halogens is 3. The van der Waals surface area contributed by atoms with Crippen LogP contribution in [-0.2, 0) is 34.8 Å². The molecule has 1 atom stereocenters. The van der Waals surface area contributed by atoms with E-state index in [1.54, 1.807) is 37.6 Å². The molecule has 2 aliphatic heterocycles. The molecule has 318 valence electrons. The van der Waals surface area contributed by atoms with Crippen molar-refractivity contribution < 1.29 is 32.7 Å². The fraction of sp³-hybridized carbons (Fsp3) is 0.488. The Balaban J connectivity index is 0.847. The van der Waals surface area contributed by atoms with Gasteiger partial charge in [-0.3, -0.25) is 33.5 Å². The summed E-state index contributed by atoms with van der Waals surface area (Å²) >= 11 is 0. The first-order chi connectivity index (χ1) is 28.5. The number of aliphatic hydroxyl groups is 1. The molecule has 8 rings (SSSR count). The maximum atomic E-state index is 13.3. The van der Waals surface area contributed by atoms with Crippen molar-refractivity contribution in [3.8, 4) is 0 Å². The maximum absolute atomic E-state index is 13.3. The van der Waals surface area contributed by atoms with Gasteiger partial charge in [-0.25, -0.2) is 9.78 Å². The summed E-state index contributed by atoms with van der Waals surface area (Å²) in [5.74, 6) is -0.999. The Hall–Kier alpha value is -5.39. The number of fused-ring (bicyclic) bond motifs is 2. The molecule has 3 aliphatic rings. The minimum atomic E-state index is -4.69. The van der Waals surface area contributed by atoms with Crippen molar-refractivity contribution in [2.75, 3.05) is 44.6 Å². The monoisotopic (exact) mass is 829 g/mol. The first kappa shape index (κ1) is 41.3. The van der Waals surface area contributed by atoms with Gasteiger partial charge in [0.2, 0.25) is 11.8 Å². The van der Waals surface area contributed by atoms with Gasteiger partial charge in [0.05, 0.1) is 28.2 Å². The molecular weight excluding hydrogens is 780 g/mol. The predicted octanol–water partition coefficient (Wildman–Crippen LogP) is 5.15. The fourth-order valence-corrected chi connectivity index (χ4v) is 9.18. The van der Waals surface area contributed by atoms with Crippen LogP contribution in [0.1, 0.15) is 91.8 Å².